The molecule has 1 aliphatic rings. The zero-order chi connectivity index (χ0) is 14.1. The van der Waals surface area contributed by atoms with Crippen molar-refractivity contribution in [3.8, 4) is 0 Å². The normalized spacial score (nSPS) is 21.6. The lowest BCUT2D eigenvalue weighted by Gasteiger charge is -2.36. The SMILES string of the molecule is CSCC1CC(Nc2c([N+](=O)[O-])ccc3[nH]ncc23)C1. The van der Waals surface area contributed by atoms with Gasteiger partial charge < -0.3 is 5.32 Å². The van der Waals surface area contributed by atoms with E-state index in [1.54, 1.807) is 12.3 Å². The Kier molecular flexibility index (Phi) is 3.52. The van der Waals surface area contributed by atoms with Crippen LogP contribution in [0, 0.1) is 16.0 Å². The predicted molar refractivity (Wildman–Crippen MR) is 81.3 cm³/mol. The fourth-order valence-corrected chi connectivity index (χ4v) is 3.48. The molecule has 1 aromatic heterocycles. The van der Waals surface area contributed by atoms with Crippen molar-refractivity contribution in [1.82, 2.24) is 10.2 Å². The Morgan fingerprint density at radius 2 is 2.35 bits per heavy atom. The zero-order valence-electron chi connectivity index (χ0n) is 11.1. The third-order valence-electron chi connectivity index (χ3n) is 3.79. The molecule has 20 heavy (non-hydrogen) atoms. The van der Waals surface area contributed by atoms with Crippen molar-refractivity contribution in [2.45, 2.75) is 18.9 Å². The molecule has 106 valence electrons. The van der Waals surface area contributed by atoms with Gasteiger partial charge in [-0.2, -0.15) is 16.9 Å². The summed E-state index contributed by atoms with van der Waals surface area (Å²) in [5.74, 6) is 1.89. The van der Waals surface area contributed by atoms with Crippen LogP contribution < -0.4 is 5.32 Å². The van der Waals surface area contributed by atoms with E-state index >= 15 is 0 Å². The van der Waals surface area contributed by atoms with E-state index < -0.39 is 0 Å². The minimum Gasteiger partial charge on any atom is -0.376 e. The number of hydrogen-bond donors (Lipinski definition) is 2. The van der Waals surface area contributed by atoms with Crippen molar-refractivity contribution in [2.24, 2.45) is 5.92 Å². The Balaban J connectivity index is 1.84. The number of H-pyrrole nitrogens is 1. The lowest BCUT2D eigenvalue weighted by atomic mass is 9.81. The first-order chi connectivity index (χ1) is 9.69. The first kappa shape index (κ1) is 13.2. The van der Waals surface area contributed by atoms with Gasteiger partial charge in [-0.15, -0.1) is 0 Å². The van der Waals surface area contributed by atoms with Crippen LogP contribution in [-0.4, -0.2) is 33.2 Å². The van der Waals surface area contributed by atoms with Gasteiger partial charge in [-0.05, 0) is 36.8 Å². The zero-order valence-corrected chi connectivity index (χ0v) is 11.9. The van der Waals surface area contributed by atoms with E-state index in [1.165, 1.54) is 6.07 Å². The minimum absolute atomic E-state index is 0.118. The first-order valence-electron chi connectivity index (χ1n) is 6.55. The molecule has 2 N–H and O–H groups in total. The monoisotopic (exact) mass is 292 g/mol. The van der Waals surface area contributed by atoms with Crippen molar-refractivity contribution in [1.29, 1.82) is 0 Å². The number of hydrogen-bond acceptors (Lipinski definition) is 5. The van der Waals surface area contributed by atoms with E-state index in [2.05, 4.69) is 21.8 Å². The average molecular weight is 292 g/mol. The van der Waals surface area contributed by atoms with E-state index in [0.29, 0.717) is 11.7 Å². The van der Waals surface area contributed by atoms with E-state index in [0.717, 1.165) is 35.4 Å². The van der Waals surface area contributed by atoms with E-state index in [1.807, 2.05) is 11.8 Å². The second kappa shape index (κ2) is 5.32. The van der Waals surface area contributed by atoms with Gasteiger partial charge in [0, 0.05) is 17.5 Å². The number of nitro groups is 1. The number of nitrogens with one attached hydrogen (secondary N) is 2. The molecule has 1 aromatic carbocycles. The molecule has 7 heteroatoms. The molecule has 1 aliphatic carbocycles. The van der Waals surface area contributed by atoms with Gasteiger partial charge in [0.2, 0.25) is 0 Å². The van der Waals surface area contributed by atoms with Crippen LogP contribution in [-0.2, 0) is 0 Å². The van der Waals surface area contributed by atoms with Gasteiger partial charge in [0.1, 0.15) is 5.69 Å². The fraction of sp³-hybridized carbons (Fsp3) is 0.462. The number of benzene rings is 1. The van der Waals surface area contributed by atoms with Gasteiger partial charge in [0.05, 0.1) is 16.6 Å². The molecule has 0 aliphatic heterocycles. The summed E-state index contributed by atoms with van der Waals surface area (Å²) in [6.07, 6.45) is 5.90. The van der Waals surface area contributed by atoms with Crippen LogP contribution >= 0.6 is 11.8 Å². The smallest absolute Gasteiger partial charge is 0.293 e. The highest BCUT2D eigenvalue weighted by atomic mass is 32.2. The molecule has 0 spiro atoms. The Morgan fingerprint density at radius 1 is 1.55 bits per heavy atom. The maximum atomic E-state index is 11.2. The average Bonchev–Trinajstić information content (AvgIpc) is 2.84. The van der Waals surface area contributed by atoms with Gasteiger partial charge in [0.25, 0.3) is 5.69 Å². The molecule has 0 radical (unpaired) electrons. The van der Waals surface area contributed by atoms with Crippen molar-refractivity contribution in [3.05, 3.63) is 28.4 Å². The van der Waals surface area contributed by atoms with E-state index in [4.69, 9.17) is 0 Å². The van der Waals surface area contributed by atoms with Crippen molar-refractivity contribution in [2.75, 3.05) is 17.3 Å². The molecule has 0 atom stereocenters. The lowest BCUT2D eigenvalue weighted by molar-refractivity contribution is -0.383. The van der Waals surface area contributed by atoms with Crippen molar-refractivity contribution in [3.63, 3.8) is 0 Å². The van der Waals surface area contributed by atoms with Crippen LogP contribution in [0.2, 0.25) is 0 Å². The third kappa shape index (κ3) is 2.33. The topological polar surface area (TPSA) is 83.9 Å². The summed E-state index contributed by atoms with van der Waals surface area (Å²) in [4.78, 5) is 10.8. The third-order valence-corrected chi connectivity index (χ3v) is 4.59. The largest absolute Gasteiger partial charge is 0.376 e. The molecule has 1 fully saturated rings. The van der Waals surface area contributed by atoms with E-state index in [9.17, 15) is 10.1 Å². The highest BCUT2D eigenvalue weighted by Crippen LogP contribution is 2.37. The maximum Gasteiger partial charge on any atom is 0.293 e. The summed E-state index contributed by atoms with van der Waals surface area (Å²) < 4.78 is 0. The number of rotatable bonds is 5. The Morgan fingerprint density at radius 3 is 3.05 bits per heavy atom. The number of nitrogens with zero attached hydrogens (tertiary/aromatic N) is 2. The van der Waals surface area contributed by atoms with Gasteiger partial charge in [-0.3, -0.25) is 15.2 Å². The van der Waals surface area contributed by atoms with Crippen LogP contribution in [0.1, 0.15) is 12.8 Å². The predicted octanol–water partition coefficient (Wildman–Crippen LogP) is 3.02. The molecular weight excluding hydrogens is 276 g/mol. The fourth-order valence-electron chi connectivity index (χ4n) is 2.74. The molecule has 0 unspecified atom stereocenters. The van der Waals surface area contributed by atoms with Crippen LogP contribution in [0.15, 0.2) is 18.3 Å². The quantitative estimate of drug-likeness (QED) is 0.653. The summed E-state index contributed by atoms with van der Waals surface area (Å²) >= 11 is 1.85. The van der Waals surface area contributed by atoms with Crippen LogP contribution in [0.4, 0.5) is 11.4 Å². The molecule has 0 bridgehead atoms. The second-order valence-electron chi connectivity index (χ2n) is 5.18. The molecule has 6 nitrogen and oxygen atoms in total. The molecule has 1 saturated carbocycles. The number of thioether (sulfide) groups is 1. The number of nitro benzene ring substituents is 1. The van der Waals surface area contributed by atoms with Crippen molar-refractivity contribution >= 4 is 34.0 Å². The molecule has 0 saturated heterocycles. The Bertz CT molecular complexity index is 636. The molecule has 1 heterocycles. The lowest BCUT2D eigenvalue weighted by Crippen LogP contribution is -2.36. The Hall–Kier alpha value is -1.76. The minimum atomic E-state index is -0.340. The standard InChI is InChI=1S/C13H16N4O2S/c1-20-7-8-4-9(5-8)15-13-10-6-14-16-11(10)2-3-12(13)17(18)19/h2-3,6,8-9,15H,4-5,7H2,1H3,(H,14,16). The van der Waals surface area contributed by atoms with Crippen molar-refractivity contribution < 1.29 is 4.92 Å². The molecule has 0 amide bonds. The van der Waals surface area contributed by atoms with Gasteiger partial charge in [-0.25, -0.2) is 0 Å². The number of fused-ring (bicyclic) bond motifs is 1. The summed E-state index contributed by atoms with van der Waals surface area (Å²) in [5, 5.41) is 22.1. The maximum absolute atomic E-state index is 11.2. The van der Waals surface area contributed by atoms with Crippen LogP contribution in [0.25, 0.3) is 10.9 Å². The van der Waals surface area contributed by atoms with Gasteiger partial charge >= 0.3 is 0 Å². The number of aromatic amines is 1. The molecule has 2 aromatic rings. The summed E-state index contributed by atoms with van der Waals surface area (Å²) in [7, 11) is 0. The van der Waals surface area contributed by atoms with Crippen LogP contribution in [0.5, 0.6) is 0 Å². The highest BCUT2D eigenvalue weighted by Gasteiger charge is 2.30. The summed E-state index contributed by atoms with van der Waals surface area (Å²) in [6, 6.07) is 3.55. The number of aromatic nitrogens is 2. The second-order valence-corrected chi connectivity index (χ2v) is 6.09. The van der Waals surface area contributed by atoms with E-state index in [-0.39, 0.29) is 10.6 Å². The van der Waals surface area contributed by atoms with Gasteiger partial charge in [0.15, 0.2) is 0 Å². The highest BCUT2D eigenvalue weighted by molar-refractivity contribution is 7.98. The summed E-state index contributed by atoms with van der Waals surface area (Å²) in [5.41, 5.74) is 1.53. The first-order valence-corrected chi connectivity index (χ1v) is 7.94. The summed E-state index contributed by atoms with van der Waals surface area (Å²) in [6.45, 7) is 0. The molecule has 3 rings (SSSR count). The van der Waals surface area contributed by atoms with Gasteiger partial charge in [-0.1, -0.05) is 0 Å². The molecular formula is C13H16N4O2S. The van der Waals surface area contributed by atoms with Crippen LogP contribution in [0.3, 0.4) is 0 Å². The Labute approximate surface area is 120 Å². The number of anilines is 1.